The summed E-state index contributed by atoms with van der Waals surface area (Å²) in [5.41, 5.74) is 1.87. The number of benzene rings is 3. The lowest BCUT2D eigenvalue weighted by Gasteiger charge is -2.14. The summed E-state index contributed by atoms with van der Waals surface area (Å²) in [5.74, 6) is -0.393. The highest BCUT2D eigenvalue weighted by atomic mass is 16.6. The van der Waals surface area contributed by atoms with E-state index >= 15 is 0 Å². The van der Waals surface area contributed by atoms with Crippen molar-refractivity contribution in [3.8, 4) is 5.75 Å². The van der Waals surface area contributed by atoms with Crippen molar-refractivity contribution in [2.24, 2.45) is 0 Å². The summed E-state index contributed by atoms with van der Waals surface area (Å²) >= 11 is 0. The number of nitro groups is 1. The molecule has 0 unspecified atom stereocenters. The Balaban J connectivity index is 1.72. The first-order chi connectivity index (χ1) is 13.0. The lowest BCUT2D eigenvalue weighted by atomic mass is 10.2. The number of para-hydroxylation sites is 3. The number of hydrogen-bond donors (Lipinski definition) is 4. The summed E-state index contributed by atoms with van der Waals surface area (Å²) in [6, 6.07) is 19.4. The van der Waals surface area contributed by atoms with Crippen molar-refractivity contribution in [3.05, 3.63) is 82.9 Å². The maximum atomic E-state index is 12.3. The quantitative estimate of drug-likeness (QED) is 0.298. The topological polar surface area (TPSA) is 117 Å². The van der Waals surface area contributed by atoms with Gasteiger partial charge in [0.15, 0.2) is 0 Å². The van der Waals surface area contributed by atoms with Gasteiger partial charge >= 0.3 is 6.03 Å². The van der Waals surface area contributed by atoms with Crippen molar-refractivity contribution in [2.75, 3.05) is 16.0 Å². The van der Waals surface area contributed by atoms with E-state index in [-0.39, 0.29) is 11.4 Å². The normalized spacial score (nSPS) is 10.1. The zero-order valence-corrected chi connectivity index (χ0v) is 14.0. The number of urea groups is 1. The van der Waals surface area contributed by atoms with Gasteiger partial charge in [0.05, 0.1) is 28.1 Å². The summed E-state index contributed by atoms with van der Waals surface area (Å²) in [4.78, 5) is 22.3. The first-order valence-corrected chi connectivity index (χ1v) is 7.99. The number of phenols is 1. The maximum absolute atomic E-state index is 12.3. The van der Waals surface area contributed by atoms with Gasteiger partial charge < -0.3 is 21.1 Å². The van der Waals surface area contributed by atoms with Gasteiger partial charge in [0.25, 0.3) is 5.69 Å². The highest BCUT2D eigenvalue weighted by molar-refractivity contribution is 6.02. The van der Waals surface area contributed by atoms with E-state index in [0.717, 1.165) is 11.8 Å². The van der Waals surface area contributed by atoms with E-state index in [1.165, 1.54) is 12.1 Å². The van der Waals surface area contributed by atoms with Crippen LogP contribution in [0.3, 0.4) is 0 Å². The molecule has 0 saturated carbocycles. The van der Waals surface area contributed by atoms with E-state index < -0.39 is 16.7 Å². The Morgan fingerprint density at radius 1 is 0.852 bits per heavy atom. The first kappa shape index (κ1) is 17.7. The van der Waals surface area contributed by atoms with Crippen LogP contribution in [0.2, 0.25) is 0 Å². The number of nitrogens with zero attached hydrogens (tertiary/aromatic N) is 1. The number of carbonyl (C=O) groups excluding carboxylic acids is 1. The molecule has 0 spiro atoms. The summed E-state index contributed by atoms with van der Waals surface area (Å²) in [6.45, 7) is 0. The maximum Gasteiger partial charge on any atom is 0.323 e. The molecule has 27 heavy (non-hydrogen) atoms. The Kier molecular flexibility index (Phi) is 5.17. The molecule has 136 valence electrons. The number of phenolic OH excluding ortho intramolecular Hbond substituents is 1. The predicted molar refractivity (Wildman–Crippen MR) is 104 cm³/mol. The van der Waals surface area contributed by atoms with Crippen molar-refractivity contribution in [1.82, 2.24) is 0 Å². The van der Waals surface area contributed by atoms with Crippen LogP contribution in [0, 0.1) is 10.1 Å². The van der Waals surface area contributed by atoms with E-state index in [9.17, 15) is 20.0 Å². The second kappa shape index (κ2) is 7.87. The minimum absolute atomic E-state index is 0.0617. The van der Waals surface area contributed by atoms with Gasteiger partial charge in [-0.2, -0.15) is 0 Å². The van der Waals surface area contributed by atoms with Crippen LogP contribution >= 0.6 is 0 Å². The smallest absolute Gasteiger partial charge is 0.323 e. The molecule has 0 bridgehead atoms. The summed E-state index contributed by atoms with van der Waals surface area (Å²) in [6.07, 6.45) is 0. The Hall–Kier alpha value is -4.07. The fourth-order valence-corrected chi connectivity index (χ4v) is 2.39. The van der Waals surface area contributed by atoms with E-state index in [1.807, 2.05) is 42.5 Å². The van der Waals surface area contributed by atoms with Gasteiger partial charge in [-0.25, -0.2) is 4.79 Å². The largest absolute Gasteiger partial charge is 0.506 e. The Labute approximate surface area is 154 Å². The van der Waals surface area contributed by atoms with Gasteiger partial charge in [-0.15, -0.1) is 0 Å². The summed E-state index contributed by atoms with van der Waals surface area (Å²) in [7, 11) is 0. The second-order valence-electron chi connectivity index (χ2n) is 5.57. The molecular formula is C19H16N4O4. The molecule has 0 saturated heterocycles. The van der Waals surface area contributed by atoms with Gasteiger partial charge in [0.2, 0.25) is 0 Å². The van der Waals surface area contributed by atoms with Crippen LogP contribution in [0.5, 0.6) is 5.75 Å². The molecule has 0 aliphatic heterocycles. The predicted octanol–water partition coefficient (Wildman–Crippen LogP) is 4.69. The monoisotopic (exact) mass is 364 g/mol. The summed E-state index contributed by atoms with van der Waals surface area (Å²) in [5, 5.41) is 28.9. The average Bonchev–Trinajstić information content (AvgIpc) is 2.65. The van der Waals surface area contributed by atoms with Crippen molar-refractivity contribution < 1.29 is 14.8 Å². The van der Waals surface area contributed by atoms with E-state index in [2.05, 4.69) is 16.0 Å². The molecule has 0 atom stereocenters. The minimum atomic E-state index is -0.630. The van der Waals surface area contributed by atoms with Crippen LogP contribution in [0.1, 0.15) is 0 Å². The number of nitro benzene ring substituents is 1. The molecule has 2 amide bonds. The van der Waals surface area contributed by atoms with Crippen molar-refractivity contribution in [1.29, 1.82) is 0 Å². The number of hydrogen-bond acceptors (Lipinski definition) is 5. The Morgan fingerprint density at radius 2 is 1.48 bits per heavy atom. The Bertz CT molecular complexity index is 976. The number of carbonyl (C=O) groups is 1. The standard InChI is InChI=1S/C19H16N4O4/c24-18-12-14(23(26)27)10-11-17(18)22-19(25)21-16-9-5-4-8-15(16)20-13-6-2-1-3-7-13/h1-12,20,24H,(H2,21,22,25). The van der Waals surface area contributed by atoms with Gasteiger partial charge in [0.1, 0.15) is 5.75 Å². The van der Waals surface area contributed by atoms with Crippen LogP contribution in [-0.2, 0) is 0 Å². The molecular weight excluding hydrogens is 348 g/mol. The second-order valence-corrected chi connectivity index (χ2v) is 5.57. The molecule has 8 nitrogen and oxygen atoms in total. The molecule has 0 fully saturated rings. The fourth-order valence-electron chi connectivity index (χ4n) is 2.39. The third kappa shape index (κ3) is 4.51. The lowest BCUT2D eigenvalue weighted by Crippen LogP contribution is -2.20. The van der Waals surface area contributed by atoms with Gasteiger partial charge in [-0.1, -0.05) is 30.3 Å². The number of anilines is 4. The molecule has 0 aliphatic rings. The molecule has 8 heteroatoms. The molecule has 3 aromatic carbocycles. The van der Waals surface area contributed by atoms with E-state index in [1.54, 1.807) is 12.1 Å². The number of aromatic hydroxyl groups is 1. The van der Waals surface area contributed by atoms with Gasteiger partial charge in [-0.05, 0) is 30.3 Å². The molecule has 0 radical (unpaired) electrons. The van der Waals surface area contributed by atoms with Crippen LogP contribution in [0.25, 0.3) is 0 Å². The lowest BCUT2D eigenvalue weighted by molar-refractivity contribution is -0.384. The van der Waals surface area contributed by atoms with E-state index in [4.69, 9.17) is 0 Å². The third-order valence-corrected chi connectivity index (χ3v) is 3.67. The molecule has 0 aromatic heterocycles. The van der Waals surface area contributed by atoms with Crippen LogP contribution in [0.15, 0.2) is 72.8 Å². The molecule has 3 aromatic rings. The SMILES string of the molecule is O=C(Nc1ccc([N+](=O)[O-])cc1O)Nc1ccccc1Nc1ccccc1. The molecule has 4 N–H and O–H groups in total. The Morgan fingerprint density at radius 3 is 2.15 bits per heavy atom. The first-order valence-electron chi connectivity index (χ1n) is 7.99. The third-order valence-electron chi connectivity index (χ3n) is 3.67. The number of nitrogens with one attached hydrogen (secondary N) is 3. The van der Waals surface area contributed by atoms with Gasteiger partial charge in [-0.3, -0.25) is 10.1 Å². The van der Waals surface area contributed by atoms with Gasteiger partial charge in [0, 0.05) is 11.8 Å². The fraction of sp³-hybridized carbons (Fsp3) is 0. The highest BCUT2D eigenvalue weighted by Gasteiger charge is 2.13. The van der Waals surface area contributed by atoms with Crippen LogP contribution in [0.4, 0.5) is 33.2 Å². The zero-order chi connectivity index (χ0) is 19.2. The zero-order valence-electron chi connectivity index (χ0n) is 14.0. The number of non-ortho nitro benzene ring substituents is 1. The van der Waals surface area contributed by atoms with Crippen molar-refractivity contribution in [3.63, 3.8) is 0 Å². The molecule has 0 aliphatic carbocycles. The highest BCUT2D eigenvalue weighted by Crippen LogP contribution is 2.29. The minimum Gasteiger partial charge on any atom is -0.506 e. The average molecular weight is 364 g/mol. The molecule has 3 rings (SSSR count). The van der Waals surface area contributed by atoms with Crippen LogP contribution < -0.4 is 16.0 Å². The van der Waals surface area contributed by atoms with Crippen LogP contribution in [-0.4, -0.2) is 16.1 Å². The number of rotatable bonds is 5. The number of amides is 2. The molecule has 0 heterocycles. The van der Waals surface area contributed by atoms with Crippen molar-refractivity contribution >= 4 is 34.5 Å². The van der Waals surface area contributed by atoms with E-state index in [0.29, 0.717) is 11.4 Å². The van der Waals surface area contributed by atoms with Crippen molar-refractivity contribution in [2.45, 2.75) is 0 Å². The summed E-state index contributed by atoms with van der Waals surface area (Å²) < 4.78 is 0.